The van der Waals surface area contributed by atoms with Crippen LogP contribution in [-0.2, 0) is 24.4 Å². The summed E-state index contributed by atoms with van der Waals surface area (Å²) in [6, 6.07) is 17.0. The lowest BCUT2D eigenvalue weighted by Gasteiger charge is -2.29. The predicted molar refractivity (Wildman–Crippen MR) is 154 cm³/mol. The standard InChI is InChI=1S/C30H29ClN4O5/c1-33(16-26(37)20-5-9-22(36)10-6-20)14-19-11-23-28-25(12-19)34(2)27(38)17-35(28)15-24(29(23)39)30(40)32-13-18-3-7-21(31)8-4-18/h3-12,15,26,36-37H,13-14,16-17H2,1-2H3,(H,32,40)/t26-/m1/s1. The zero-order valence-electron chi connectivity index (χ0n) is 22.1. The zero-order valence-corrected chi connectivity index (χ0v) is 22.9. The van der Waals surface area contributed by atoms with Gasteiger partial charge in [0.1, 0.15) is 17.9 Å². The highest BCUT2D eigenvalue weighted by molar-refractivity contribution is 6.30. The first-order valence-electron chi connectivity index (χ1n) is 12.8. The third kappa shape index (κ3) is 5.58. The number of aromatic hydroxyl groups is 1. The molecule has 0 fully saturated rings. The summed E-state index contributed by atoms with van der Waals surface area (Å²) in [4.78, 5) is 43.0. The number of halogens is 1. The number of anilines is 1. The van der Waals surface area contributed by atoms with Gasteiger partial charge in [-0.1, -0.05) is 35.9 Å². The van der Waals surface area contributed by atoms with Crippen molar-refractivity contribution in [2.45, 2.75) is 25.7 Å². The van der Waals surface area contributed by atoms with Crippen LogP contribution >= 0.6 is 11.6 Å². The molecule has 1 aromatic heterocycles. The molecule has 1 aliphatic rings. The summed E-state index contributed by atoms with van der Waals surface area (Å²) >= 11 is 5.94. The summed E-state index contributed by atoms with van der Waals surface area (Å²) in [5.41, 5.74) is 2.97. The number of amides is 2. The largest absolute Gasteiger partial charge is 0.508 e. The predicted octanol–water partition coefficient (Wildman–Crippen LogP) is 3.43. The van der Waals surface area contributed by atoms with Crippen LogP contribution in [0.2, 0.25) is 5.02 Å². The molecule has 206 valence electrons. The Morgan fingerprint density at radius 1 is 1.07 bits per heavy atom. The summed E-state index contributed by atoms with van der Waals surface area (Å²) in [5, 5.41) is 23.9. The highest BCUT2D eigenvalue weighted by Crippen LogP contribution is 2.31. The fourth-order valence-electron chi connectivity index (χ4n) is 4.95. The van der Waals surface area contributed by atoms with Crippen molar-refractivity contribution in [1.29, 1.82) is 0 Å². The van der Waals surface area contributed by atoms with Crippen molar-refractivity contribution in [3.8, 4) is 5.75 Å². The molecule has 4 aromatic rings. The van der Waals surface area contributed by atoms with E-state index in [1.165, 1.54) is 23.2 Å². The van der Waals surface area contributed by atoms with Crippen molar-refractivity contribution >= 4 is 40.0 Å². The minimum absolute atomic E-state index is 0.00974. The SMILES string of the molecule is CN(Cc1cc2c3c(c1)c(=O)c(C(=O)NCc1ccc(Cl)cc1)cn3CC(=O)N2C)C[C@@H](O)c1ccc(O)cc1. The minimum atomic E-state index is -0.790. The molecule has 3 aromatic carbocycles. The van der Waals surface area contributed by atoms with Crippen LogP contribution in [0.4, 0.5) is 5.69 Å². The van der Waals surface area contributed by atoms with Crippen LogP contribution in [0.3, 0.4) is 0 Å². The number of pyridine rings is 1. The van der Waals surface area contributed by atoms with Gasteiger partial charge in [0.15, 0.2) is 0 Å². The molecule has 0 aliphatic carbocycles. The molecular weight excluding hydrogens is 532 g/mol. The Balaban J connectivity index is 1.44. The number of phenolic OH excluding ortho intramolecular Hbond substituents is 1. The Morgan fingerprint density at radius 2 is 1.77 bits per heavy atom. The smallest absolute Gasteiger partial charge is 0.257 e. The van der Waals surface area contributed by atoms with E-state index in [1.807, 2.05) is 18.0 Å². The van der Waals surface area contributed by atoms with Gasteiger partial charge in [0, 0.05) is 43.3 Å². The van der Waals surface area contributed by atoms with Crippen molar-refractivity contribution in [1.82, 2.24) is 14.8 Å². The lowest BCUT2D eigenvalue weighted by atomic mass is 10.0. The van der Waals surface area contributed by atoms with E-state index in [1.54, 1.807) is 54.1 Å². The second-order valence-electron chi connectivity index (χ2n) is 10.1. The zero-order chi connectivity index (χ0) is 28.6. The third-order valence-corrected chi connectivity index (χ3v) is 7.33. The first kappa shape index (κ1) is 27.4. The van der Waals surface area contributed by atoms with Gasteiger partial charge < -0.3 is 25.0 Å². The summed E-state index contributed by atoms with van der Waals surface area (Å²) in [6.45, 7) is 0.904. The number of hydrogen-bond acceptors (Lipinski definition) is 6. The number of aliphatic hydroxyl groups is 1. The van der Waals surface area contributed by atoms with Gasteiger partial charge in [-0.2, -0.15) is 0 Å². The molecule has 40 heavy (non-hydrogen) atoms. The fourth-order valence-corrected chi connectivity index (χ4v) is 5.08. The second kappa shape index (κ2) is 11.1. The van der Waals surface area contributed by atoms with E-state index < -0.39 is 17.4 Å². The number of rotatable bonds is 8. The maximum atomic E-state index is 13.6. The van der Waals surface area contributed by atoms with Crippen molar-refractivity contribution in [3.05, 3.63) is 104 Å². The van der Waals surface area contributed by atoms with Crippen LogP contribution in [0.15, 0.2) is 71.7 Å². The van der Waals surface area contributed by atoms with E-state index in [0.717, 1.165) is 11.1 Å². The molecular formula is C30H29ClN4O5. The number of carbonyl (C=O) groups excluding carboxylic acids is 2. The van der Waals surface area contributed by atoms with Gasteiger partial charge in [-0.25, -0.2) is 0 Å². The average Bonchev–Trinajstić information content (AvgIpc) is 2.92. The highest BCUT2D eigenvalue weighted by atomic mass is 35.5. The van der Waals surface area contributed by atoms with Gasteiger partial charge in [0.05, 0.1) is 17.3 Å². The lowest BCUT2D eigenvalue weighted by molar-refractivity contribution is -0.119. The van der Waals surface area contributed by atoms with Gasteiger partial charge in [-0.3, -0.25) is 19.3 Å². The maximum absolute atomic E-state index is 13.6. The fraction of sp³-hybridized carbons (Fsp3) is 0.233. The Kier molecular flexibility index (Phi) is 7.62. The Hall–Kier alpha value is -4.18. The number of benzene rings is 3. The first-order valence-corrected chi connectivity index (χ1v) is 13.1. The summed E-state index contributed by atoms with van der Waals surface area (Å²) in [6.07, 6.45) is 0.664. The van der Waals surface area contributed by atoms with Crippen LogP contribution in [0, 0.1) is 0 Å². The number of nitrogens with one attached hydrogen (secondary N) is 1. The lowest BCUT2D eigenvalue weighted by Crippen LogP contribution is -2.37. The average molecular weight is 561 g/mol. The van der Waals surface area contributed by atoms with E-state index in [0.29, 0.717) is 40.3 Å². The number of nitrogens with zero attached hydrogens (tertiary/aromatic N) is 3. The molecule has 2 heterocycles. The molecule has 0 unspecified atom stereocenters. The minimum Gasteiger partial charge on any atom is -0.508 e. The molecule has 0 bridgehead atoms. The van der Waals surface area contributed by atoms with Crippen LogP contribution in [0.1, 0.15) is 33.2 Å². The maximum Gasteiger partial charge on any atom is 0.257 e. The van der Waals surface area contributed by atoms with E-state index in [4.69, 9.17) is 11.6 Å². The van der Waals surface area contributed by atoms with E-state index in [-0.39, 0.29) is 30.3 Å². The van der Waals surface area contributed by atoms with Crippen LogP contribution < -0.4 is 15.6 Å². The normalized spacial score (nSPS) is 13.6. The van der Waals surface area contributed by atoms with Crippen LogP contribution in [0.5, 0.6) is 5.75 Å². The van der Waals surface area contributed by atoms with Crippen molar-refractivity contribution in [3.63, 3.8) is 0 Å². The second-order valence-corrected chi connectivity index (χ2v) is 10.5. The first-order chi connectivity index (χ1) is 19.1. The Labute approximate surface area is 235 Å². The topological polar surface area (TPSA) is 115 Å². The van der Waals surface area contributed by atoms with Gasteiger partial charge in [0.2, 0.25) is 11.3 Å². The third-order valence-electron chi connectivity index (χ3n) is 7.08. The molecule has 0 radical (unpaired) electrons. The molecule has 0 saturated carbocycles. The molecule has 0 saturated heterocycles. The Morgan fingerprint density at radius 3 is 2.48 bits per heavy atom. The Bertz CT molecular complexity index is 1650. The molecule has 2 amide bonds. The summed E-state index contributed by atoms with van der Waals surface area (Å²) in [5.74, 6) is -0.576. The number of aliphatic hydroxyl groups excluding tert-OH is 1. The molecule has 1 atom stereocenters. The van der Waals surface area contributed by atoms with E-state index in [9.17, 15) is 24.6 Å². The van der Waals surface area contributed by atoms with Crippen molar-refractivity contribution < 1.29 is 19.8 Å². The number of carbonyl (C=O) groups is 2. The quantitative estimate of drug-likeness (QED) is 0.304. The van der Waals surface area contributed by atoms with Crippen LogP contribution in [0.25, 0.3) is 10.9 Å². The van der Waals surface area contributed by atoms with Gasteiger partial charge in [-0.15, -0.1) is 0 Å². The van der Waals surface area contributed by atoms with Gasteiger partial charge in [0.25, 0.3) is 5.91 Å². The number of aromatic nitrogens is 1. The highest BCUT2D eigenvalue weighted by Gasteiger charge is 2.27. The van der Waals surface area contributed by atoms with Crippen LogP contribution in [-0.4, -0.2) is 52.1 Å². The molecule has 5 rings (SSSR count). The number of phenols is 1. The van der Waals surface area contributed by atoms with Gasteiger partial charge >= 0.3 is 0 Å². The summed E-state index contributed by atoms with van der Waals surface area (Å²) < 4.78 is 1.66. The van der Waals surface area contributed by atoms with E-state index >= 15 is 0 Å². The van der Waals surface area contributed by atoms with Crippen molar-refractivity contribution in [2.24, 2.45) is 0 Å². The molecule has 10 heteroatoms. The number of hydrogen-bond donors (Lipinski definition) is 3. The number of likely N-dealkylation sites (N-methyl/N-ethyl adjacent to an activating group) is 2. The van der Waals surface area contributed by atoms with Crippen molar-refractivity contribution in [2.75, 3.05) is 25.5 Å². The molecule has 0 spiro atoms. The monoisotopic (exact) mass is 560 g/mol. The molecule has 3 N–H and O–H groups in total. The van der Waals surface area contributed by atoms with E-state index in [2.05, 4.69) is 5.32 Å². The molecule has 1 aliphatic heterocycles. The summed E-state index contributed by atoms with van der Waals surface area (Å²) in [7, 11) is 3.51. The molecule has 9 nitrogen and oxygen atoms in total. The van der Waals surface area contributed by atoms with Gasteiger partial charge in [-0.05, 0) is 60.1 Å².